The summed E-state index contributed by atoms with van der Waals surface area (Å²) in [4.78, 5) is 26.6. The quantitative estimate of drug-likeness (QED) is 0.479. The molecule has 3 N–H and O–H groups in total. The first-order chi connectivity index (χ1) is 13.5. The zero-order valence-electron chi connectivity index (χ0n) is 14.8. The molecule has 0 fully saturated rings. The number of anilines is 1. The van der Waals surface area contributed by atoms with Crippen LogP contribution in [0, 0.1) is 5.82 Å². The minimum absolute atomic E-state index is 0.206. The van der Waals surface area contributed by atoms with E-state index in [1.807, 2.05) is 0 Å². The van der Waals surface area contributed by atoms with Crippen LogP contribution in [0.4, 0.5) is 10.1 Å². The fourth-order valence-electron chi connectivity index (χ4n) is 3.45. The van der Waals surface area contributed by atoms with E-state index in [0.717, 1.165) is 5.39 Å². The van der Waals surface area contributed by atoms with Gasteiger partial charge in [-0.25, -0.2) is 9.18 Å². The number of hydrogen-bond acceptors (Lipinski definition) is 2. The smallest absolute Gasteiger partial charge is 0.409 e. The predicted molar refractivity (Wildman–Crippen MR) is 104 cm³/mol. The van der Waals surface area contributed by atoms with Crippen LogP contribution in [0.25, 0.3) is 38.5 Å². The number of rotatable bonds is 3. The fraction of sp³-hybridized carbons (Fsp3) is 0.0476. The summed E-state index contributed by atoms with van der Waals surface area (Å²) < 4.78 is 14.5. The lowest BCUT2D eigenvalue weighted by Gasteiger charge is -2.07. The van der Waals surface area contributed by atoms with Crippen LogP contribution in [0.5, 0.6) is 0 Å². The molecule has 6 nitrogen and oxygen atoms in total. The van der Waals surface area contributed by atoms with Gasteiger partial charge in [-0.3, -0.25) is 9.91 Å². The predicted octanol–water partition coefficient (Wildman–Crippen LogP) is 3.33. The van der Waals surface area contributed by atoms with E-state index in [9.17, 15) is 14.0 Å². The Morgan fingerprint density at radius 3 is 2.57 bits per heavy atom. The Morgan fingerprint density at radius 2 is 1.86 bits per heavy atom. The molecule has 7 heteroatoms. The van der Waals surface area contributed by atoms with Gasteiger partial charge in [-0.15, -0.1) is 0 Å². The summed E-state index contributed by atoms with van der Waals surface area (Å²) in [5.74, 6) is -1.27. The highest BCUT2D eigenvalue weighted by atomic mass is 19.1. The van der Waals surface area contributed by atoms with Crippen molar-refractivity contribution in [1.29, 1.82) is 0 Å². The number of H-pyrrole nitrogens is 1. The molecule has 4 aromatic rings. The number of carbonyl (C=O) groups is 2. The molecule has 0 saturated heterocycles. The number of hydrogen-bond donors (Lipinski definition) is 3. The average Bonchev–Trinajstić information content (AvgIpc) is 3.05. The summed E-state index contributed by atoms with van der Waals surface area (Å²) in [5.41, 5.74) is 12.0. The van der Waals surface area contributed by atoms with E-state index in [2.05, 4.69) is 10.3 Å². The largest absolute Gasteiger partial charge is 0.499 e. The summed E-state index contributed by atoms with van der Waals surface area (Å²) in [7, 11) is 0. The molecule has 3 aromatic carbocycles. The Morgan fingerprint density at radius 1 is 1.07 bits per heavy atom. The second-order valence-electron chi connectivity index (χ2n) is 6.40. The third-order valence-electron chi connectivity index (χ3n) is 4.58. The monoisotopic (exact) mass is 374 g/mol. The Kier molecular flexibility index (Phi) is 4.19. The van der Waals surface area contributed by atoms with E-state index in [1.54, 1.807) is 47.6 Å². The molecule has 0 spiro atoms. The van der Waals surface area contributed by atoms with Crippen molar-refractivity contribution in [1.82, 2.24) is 4.98 Å². The van der Waals surface area contributed by atoms with Crippen LogP contribution in [0.2, 0.25) is 0 Å². The van der Waals surface area contributed by atoms with Crippen LogP contribution in [-0.4, -0.2) is 16.8 Å². The maximum absolute atomic E-state index is 14.5. The molecule has 0 atom stereocenters. The van der Waals surface area contributed by atoms with Crippen molar-refractivity contribution in [2.24, 2.45) is 0 Å². The van der Waals surface area contributed by atoms with E-state index in [4.69, 9.17) is 5.53 Å². The first-order valence-corrected chi connectivity index (χ1v) is 8.55. The molecule has 0 bridgehead atoms. The maximum atomic E-state index is 14.5. The number of halogens is 1. The SMILES string of the molecule is CC(=O)Nc1ccc2c(c1)[nH]c1c(C(=O)[NH+]=[N-])ccc(-c3ccccc3F)c12. The van der Waals surface area contributed by atoms with Crippen molar-refractivity contribution in [3.8, 4) is 11.1 Å². The Balaban J connectivity index is 2.09. The van der Waals surface area contributed by atoms with E-state index in [-0.39, 0.29) is 17.3 Å². The molecular formula is C21H15FN4O2. The minimum atomic E-state index is -0.682. The number of aromatic amines is 1. The van der Waals surface area contributed by atoms with Gasteiger partial charge in [-0.2, -0.15) is 0 Å². The van der Waals surface area contributed by atoms with Crippen molar-refractivity contribution in [3.63, 3.8) is 0 Å². The van der Waals surface area contributed by atoms with Gasteiger partial charge in [-0.1, -0.05) is 30.3 Å². The first-order valence-electron chi connectivity index (χ1n) is 8.55. The molecule has 1 aromatic heterocycles. The van der Waals surface area contributed by atoms with Crippen LogP contribution in [0.15, 0.2) is 54.6 Å². The molecular weight excluding hydrogens is 359 g/mol. The van der Waals surface area contributed by atoms with Gasteiger partial charge in [-0.05, 0) is 29.8 Å². The van der Waals surface area contributed by atoms with E-state index in [0.29, 0.717) is 33.2 Å². The summed E-state index contributed by atoms with van der Waals surface area (Å²) >= 11 is 0. The van der Waals surface area contributed by atoms with E-state index >= 15 is 0 Å². The van der Waals surface area contributed by atoms with Crippen LogP contribution in [0.1, 0.15) is 17.3 Å². The summed E-state index contributed by atoms with van der Waals surface area (Å²) in [6.45, 7) is 1.41. The number of benzene rings is 3. The number of carbonyl (C=O) groups excluding carboxylic acids is 2. The second kappa shape index (κ2) is 6.70. The van der Waals surface area contributed by atoms with Gasteiger partial charge in [0.05, 0.1) is 5.52 Å². The average molecular weight is 374 g/mol. The topological polar surface area (TPSA) is 98.2 Å². The fourth-order valence-corrected chi connectivity index (χ4v) is 3.45. The summed E-state index contributed by atoms with van der Waals surface area (Å²) in [6.07, 6.45) is 0. The number of fused-ring (bicyclic) bond motifs is 3. The van der Waals surface area contributed by atoms with Crippen molar-refractivity contribution in [3.05, 3.63) is 71.5 Å². The zero-order chi connectivity index (χ0) is 19.8. The first kappa shape index (κ1) is 17.5. The summed E-state index contributed by atoms with van der Waals surface area (Å²) in [5, 5.41) is 5.75. The van der Waals surface area contributed by atoms with Gasteiger partial charge in [0.2, 0.25) is 5.91 Å². The molecule has 2 amide bonds. The lowest BCUT2D eigenvalue weighted by atomic mass is 9.96. The van der Waals surface area contributed by atoms with Crippen LogP contribution >= 0.6 is 0 Å². The Bertz CT molecular complexity index is 1280. The molecule has 4 rings (SSSR count). The van der Waals surface area contributed by atoms with E-state index < -0.39 is 5.91 Å². The third-order valence-corrected chi connectivity index (χ3v) is 4.58. The highest BCUT2D eigenvalue weighted by Crippen LogP contribution is 2.37. The van der Waals surface area contributed by atoms with Crippen molar-refractivity contribution >= 4 is 39.3 Å². The highest BCUT2D eigenvalue weighted by Gasteiger charge is 2.20. The van der Waals surface area contributed by atoms with Gasteiger partial charge in [0.25, 0.3) is 0 Å². The summed E-state index contributed by atoms with van der Waals surface area (Å²) in [6, 6.07) is 14.8. The van der Waals surface area contributed by atoms with Crippen molar-refractivity contribution < 1.29 is 19.1 Å². The van der Waals surface area contributed by atoms with Crippen LogP contribution in [0.3, 0.4) is 0 Å². The normalized spacial score (nSPS) is 10.9. The molecule has 1 heterocycles. The van der Waals surface area contributed by atoms with Gasteiger partial charge >= 0.3 is 5.91 Å². The second-order valence-corrected chi connectivity index (χ2v) is 6.40. The Hall–Kier alpha value is -3.87. The van der Waals surface area contributed by atoms with Gasteiger partial charge < -0.3 is 15.8 Å². The van der Waals surface area contributed by atoms with Crippen molar-refractivity contribution in [2.45, 2.75) is 6.92 Å². The number of nitrogens with one attached hydrogen (secondary N) is 3. The van der Waals surface area contributed by atoms with Gasteiger partial charge in [0.1, 0.15) is 11.4 Å². The standard InChI is InChI=1S/C21H15FN4O2/c1-11(27)24-12-6-7-15-18(10-12)25-20-16(21(28)26-23)9-8-14(19(15)20)13-4-2-3-5-17(13)22/h2-10,25-26H,1H3,(H,24,27). The molecule has 0 radical (unpaired) electrons. The van der Waals surface area contributed by atoms with E-state index in [1.165, 1.54) is 19.1 Å². The minimum Gasteiger partial charge on any atom is -0.499 e. The van der Waals surface area contributed by atoms with Crippen molar-refractivity contribution in [2.75, 3.05) is 5.32 Å². The molecule has 0 unspecified atom stereocenters. The third kappa shape index (κ3) is 2.83. The highest BCUT2D eigenvalue weighted by molar-refractivity contribution is 6.19. The molecule has 0 saturated carbocycles. The molecule has 138 valence electrons. The van der Waals surface area contributed by atoms with Gasteiger partial charge in [0, 0.05) is 34.5 Å². The number of nitrogens with zero attached hydrogens (tertiary/aromatic N) is 1. The molecule has 28 heavy (non-hydrogen) atoms. The van der Waals surface area contributed by atoms with Crippen LogP contribution in [-0.2, 0) is 4.79 Å². The molecule has 0 aliphatic heterocycles. The lowest BCUT2D eigenvalue weighted by Crippen LogP contribution is -2.68. The zero-order valence-corrected chi connectivity index (χ0v) is 14.8. The Labute approximate surface area is 158 Å². The number of amides is 2. The van der Waals surface area contributed by atoms with Crippen LogP contribution < -0.4 is 10.4 Å². The lowest BCUT2D eigenvalue weighted by molar-refractivity contribution is -0.369. The number of aromatic nitrogens is 1. The van der Waals surface area contributed by atoms with Gasteiger partial charge in [0.15, 0.2) is 0 Å². The maximum Gasteiger partial charge on any atom is 0.409 e. The molecule has 0 aliphatic carbocycles. The molecule has 0 aliphatic rings.